The maximum absolute atomic E-state index is 14.2. The highest BCUT2D eigenvalue weighted by Crippen LogP contribution is 2.48. The van der Waals surface area contributed by atoms with Gasteiger partial charge < -0.3 is 38.9 Å². The fraction of sp³-hybridized carbons (Fsp3) is 0.600. The third-order valence-electron chi connectivity index (χ3n) is 17.7. The molecule has 0 saturated carbocycles. The predicted molar refractivity (Wildman–Crippen MR) is 318 cm³/mol. The summed E-state index contributed by atoms with van der Waals surface area (Å²) in [5.74, 6) is -1.61. The highest BCUT2D eigenvalue weighted by molar-refractivity contribution is 7.14. The van der Waals surface area contributed by atoms with Gasteiger partial charge in [-0.15, -0.1) is 11.3 Å². The van der Waals surface area contributed by atoms with Gasteiger partial charge in [0.2, 0.25) is 11.8 Å². The molecule has 0 unspecified atom stereocenters. The molecule has 21 heteroatoms. The average molecular weight is 1230 g/mol. The van der Waals surface area contributed by atoms with E-state index >= 15 is 0 Å². The van der Waals surface area contributed by atoms with Gasteiger partial charge in [0.05, 0.1) is 28.7 Å². The van der Waals surface area contributed by atoms with E-state index in [9.17, 15) is 49.9 Å². The lowest BCUT2D eigenvalue weighted by molar-refractivity contribution is -0.143. The summed E-state index contributed by atoms with van der Waals surface area (Å²) in [5.41, 5.74) is -2.72. The number of halogens is 7. The molecule has 4 aromatic rings. The fourth-order valence-corrected chi connectivity index (χ4v) is 13.8. The molecule has 0 bridgehead atoms. The first kappa shape index (κ1) is 66.5. The topological polar surface area (TPSA) is 109 Å². The molecule has 13 nitrogen and oxygen atoms in total. The number of piperidine rings is 2. The van der Waals surface area contributed by atoms with Crippen molar-refractivity contribution in [3.63, 3.8) is 0 Å². The van der Waals surface area contributed by atoms with Gasteiger partial charge in [-0.3, -0.25) is 24.1 Å². The predicted octanol–water partition coefficient (Wildman–Crippen LogP) is 11.6. The number of ether oxygens (including phenoxy) is 2. The van der Waals surface area contributed by atoms with Crippen molar-refractivity contribution >= 4 is 35.0 Å². The number of fused-ring (bicyclic) bond motifs is 2. The van der Waals surface area contributed by atoms with Crippen LogP contribution in [-0.4, -0.2) is 177 Å². The lowest BCUT2D eigenvalue weighted by Gasteiger charge is -2.44. The molecule has 3 saturated heterocycles. The molecule has 1 spiro atoms. The number of amides is 4. The normalized spacial score (nSPS) is 19.3. The fourth-order valence-electron chi connectivity index (χ4n) is 12.8. The van der Waals surface area contributed by atoms with Gasteiger partial charge in [0.25, 0.3) is 11.8 Å². The van der Waals surface area contributed by atoms with Gasteiger partial charge in [0, 0.05) is 89.2 Å². The highest BCUT2D eigenvalue weighted by atomic mass is 32.1. The summed E-state index contributed by atoms with van der Waals surface area (Å²) in [4.78, 5) is 69.3. The molecule has 4 heterocycles. The Hall–Kier alpha value is -5.45. The number of hydrogen-bond acceptors (Lipinski definition) is 10. The first-order valence-corrected chi connectivity index (χ1v) is 31.2. The van der Waals surface area contributed by atoms with Crippen LogP contribution in [0.1, 0.15) is 144 Å². The van der Waals surface area contributed by atoms with Crippen molar-refractivity contribution in [2.75, 3.05) is 113 Å². The largest absolute Gasteiger partial charge is 0.416 e. The van der Waals surface area contributed by atoms with Crippen molar-refractivity contribution in [3.8, 4) is 0 Å². The van der Waals surface area contributed by atoms with Gasteiger partial charge in [0.15, 0.2) is 0 Å². The number of rotatable bonds is 25. The van der Waals surface area contributed by atoms with Crippen molar-refractivity contribution in [1.29, 1.82) is 0 Å². The minimum Gasteiger partial charge on any atom is -0.367 e. The van der Waals surface area contributed by atoms with E-state index in [1.54, 1.807) is 23.9 Å². The van der Waals surface area contributed by atoms with Gasteiger partial charge in [-0.05, 0) is 155 Å². The molecule has 3 fully saturated rings. The molecule has 4 aliphatic rings. The van der Waals surface area contributed by atoms with Crippen LogP contribution in [0.15, 0.2) is 78.9 Å². The van der Waals surface area contributed by atoms with E-state index in [2.05, 4.69) is 47.6 Å². The molecule has 1 aliphatic carbocycles. The summed E-state index contributed by atoms with van der Waals surface area (Å²) in [6.45, 7) is 15.0. The smallest absolute Gasteiger partial charge is 0.367 e. The van der Waals surface area contributed by atoms with Gasteiger partial charge in [-0.2, -0.15) is 26.3 Å². The van der Waals surface area contributed by atoms with Crippen LogP contribution in [0.5, 0.6) is 0 Å². The van der Waals surface area contributed by atoms with Crippen LogP contribution in [-0.2, 0) is 55.4 Å². The molecule has 0 radical (unpaired) electrons. The zero-order chi connectivity index (χ0) is 62.0. The van der Waals surface area contributed by atoms with E-state index in [1.165, 1.54) is 60.4 Å². The van der Waals surface area contributed by atoms with E-state index in [4.69, 9.17) is 9.47 Å². The number of likely N-dealkylation sites (tertiary alicyclic amines) is 2. The highest BCUT2D eigenvalue weighted by Gasteiger charge is 2.50. The Morgan fingerprint density at radius 2 is 1.36 bits per heavy atom. The summed E-state index contributed by atoms with van der Waals surface area (Å²) in [5, 5.41) is 0. The van der Waals surface area contributed by atoms with Crippen molar-refractivity contribution in [2.24, 2.45) is 5.41 Å². The third kappa shape index (κ3) is 17.4. The van der Waals surface area contributed by atoms with E-state index < -0.39 is 58.5 Å². The Balaban J connectivity index is 0.793. The zero-order valence-corrected chi connectivity index (χ0v) is 51.6. The van der Waals surface area contributed by atoms with Crippen LogP contribution in [0.3, 0.4) is 0 Å². The molecule has 8 rings (SSSR count). The number of thiophene rings is 1. The Kier molecular flexibility index (Phi) is 22.3. The lowest BCUT2D eigenvalue weighted by Crippen LogP contribution is -2.50. The molecule has 3 aromatic carbocycles. The Labute approximate surface area is 506 Å². The standard InChI is InChI=1S/C65H86F7N7O6S/c1-61(2,3)44-78(32-12-7-9-18-57(80)74(5)36-37-76-30-13-8-14-31-76)42-53-23-24-55(86-53)60(83)75(6)29-15-28-73(4)58(81)43-84-56-40-47-16-10-11-17-54(47)62(56)25-33-77(34-26-62)35-27-63(49-19-21-52(66)22-20-49)45-79(46-85-63)59(82)48-38-50(64(67,68)69)41-51(39-48)65(70,71)72/h10-11,16-17,19-24,38-39,41,56H,7-9,12-15,18,25-37,40,42-46H2,1-6H3/t56-,63+/m0/s1. The minimum absolute atomic E-state index is 0.0229. The number of likely N-dealkylation sites (N-methyl/N-ethyl adjacent to an activating group) is 2. The summed E-state index contributed by atoms with van der Waals surface area (Å²) < 4.78 is 110. The molecule has 2 atom stereocenters. The first-order valence-electron chi connectivity index (χ1n) is 30.4. The van der Waals surface area contributed by atoms with Crippen LogP contribution in [0.25, 0.3) is 0 Å². The molecule has 3 aliphatic heterocycles. The summed E-state index contributed by atoms with van der Waals surface area (Å²) in [7, 11) is 5.45. The minimum atomic E-state index is -5.14. The second-order valence-electron chi connectivity index (χ2n) is 25.4. The van der Waals surface area contributed by atoms with Gasteiger partial charge in [0.1, 0.15) is 24.8 Å². The second kappa shape index (κ2) is 28.8. The molecule has 1 aromatic heterocycles. The molecular weight excluding hydrogens is 1140 g/mol. The van der Waals surface area contributed by atoms with Crippen molar-refractivity contribution in [1.82, 2.24) is 34.3 Å². The maximum Gasteiger partial charge on any atom is 0.416 e. The Morgan fingerprint density at radius 3 is 2.03 bits per heavy atom. The number of carbonyl (C=O) groups is 4. The molecule has 86 heavy (non-hydrogen) atoms. The molecular formula is C65H86F7N7O6S. The zero-order valence-electron chi connectivity index (χ0n) is 50.8. The number of unbranched alkanes of at least 4 members (excludes halogenated alkanes) is 2. The van der Waals surface area contributed by atoms with E-state index in [-0.39, 0.29) is 54.9 Å². The number of hydrogen-bond donors (Lipinski definition) is 0. The molecule has 0 N–H and O–H groups in total. The number of benzene rings is 3. The summed E-state index contributed by atoms with van der Waals surface area (Å²) >= 11 is 1.52. The van der Waals surface area contributed by atoms with Gasteiger partial charge >= 0.3 is 12.4 Å². The Morgan fingerprint density at radius 1 is 0.709 bits per heavy atom. The number of carbonyl (C=O) groups excluding carboxylic acids is 4. The van der Waals surface area contributed by atoms with Crippen LogP contribution in [0.4, 0.5) is 30.7 Å². The van der Waals surface area contributed by atoms with Gasteiger partial charge in [-0.1, -0.05) is 70.0 Å². The summed E-state index contributed by atoms with van der Waals surface area (Å²) in [6, 6.07) is 18.4. The maximum atomic E-state index is 14.2. The molecule has 472 valence electrons. The third-order valence-corrected chi connectivity index (χ3v) is 18.8. The van der Waals surface area contributed by atoms with Crippen LogP contribution in [0.2, 0.25) is 0 Å². The first-order chi connectivity index (χ1) is 40.7. The second-order valence-corrected chi connectivity index (χ2v) is 26.6. The average Bonchev–Trinajstić information content (AvgIpc) is 1.62. The van der Waals surface area contributed by atoms with Crippen LogP contribution in [0, 0.1) is 11.2 Å². The van der Waals surface area contributed by atoms with Crippen molar-refractivity contribution < 1.29 is 59.4 Å². The number of alkyl halides is 6. The van der Waals surface area contributed by atoms with Crippen molar-refractivity contribution in [2.45, 2.75) is 134 Å². The summed E-state index contributed by atoms with van der Waals surface area (Å²) in [6.07, 6.45) is -0.524. The number of nitrogens with zero attached hydrogens (tertiary/aromatic N) is 7. The van der Waals surface area contributed by atoms with Gasteiger partial charge in [-0.25, -0.2) is 4.39 Å². The lowest BCUT2D eigenvalue weighted by atomic mass is 9.72. The van der Waals surface area contributed by atoms with E-state index in [0.29, 0.717) is 87.4 Å². The SMILES string of the molecule is CN(CCN1CCCCC1)C(=O)CCCCCN(Cc1ccc(C(=O)N(C)CCCN(C)C(=O)CO[C@H]2Cc3ccccc3C23CCN(CC[C@]2(c4ccc(F)cc4)CN(C(=O)c4cc(C(F)(F)F)cc(C(F)(F)F)c4)CO2)CC3)s1)CC(C)(C)C. The van der Waals surface area contributed by atoms with Crippen molar-refractivity contribution in [3.05, 3.63) is 128 Å². The van der Waals surface area contributed by atoms with Crippen LogP contribution < -0.4 is 0 Å². The van der Waals surface area contributed by atoms with E-state index in [0.717, 1.165) is 80.4 Å². The van der Waals surface area contributed by atoms with Crippen LogP contribution >= 0.6 is 11.3 Å². The monoisotopic (exact) mass is 1230 g/mol. The quantitative estimate of drug-likeness (QED) is 0.0473. The molecule has 4 amide bonds. The Bertz CT molecular complexity index is 2890. The van der Waals surface area contributed by atoms with E-state index in [1.807, 2.05) is 36.2 Å².